The number of aromatic nitrogens is 2. The molecular weight excluding hydrogens is 404 g/mol. The van der Waals surface area contributed by atoms with Crippen molar-refractivity contribution >= 4 is 11.8 Å². The molecular formula is C24H30N6O2. The van der Waals surface area contributed by atoms with Crippen LogP contribution in [-0.4, -0.2) is 27.6 Å². The molecule has 2 heterocycles. The Labute approximate surface area is 187 Å². The van der Waals surface area contributed by atoms with Gasteiger partial charge < -0.3 is 21.7 Å². The molecule has 1 saturated carbocycles. The molecule has 5 N–H and O–H groups in total. The minimum absolute atomic E-state index is 0.0294. The van der Waals surface area contributed by atoms with E-state index in [1.54, 1.807) is 0 Å². The molecule has 0 spiro atoms. The first kappa shape index (κ1) is 21.7. The summed E-state index contributed by atoms with van der Waals surface area (Å²) in [6.45, 7) is 8.90. The van der Waals surface area contributed by atoms with E-state index in [4.69, 9.17) is 5.73 Å². The summed E-state index contributed by atoms with van der Waals surface area (Å²) < 4.78 is 1.99. The Balaban J connectivity index is 1.37. The van der Waals surface area contributed by atoms with Crippen molar-refractivity contribution in [3.63, 3.8) is 0 Å². The Bertz CT molecular complexity index is 1070. The van der Waals surface area contributed by atoms with Crippen LogP contribution in [0.25, 0.3) is 11.1 Å². The van der Waals surface area contributed by atoms with Crippen molar-refractivity contribution in [2.24, 2.45) is 11.7 Å². The SMILES string of the molecule is C=C1NC(=O)C(N)=C(C(=O)N[C@H]2CC[C@@H](c3ccc(-c4cnn(CC(C)C)c4)cc3)C2)N1. The third-order valence-electron chi connectivity index (χ3n) is 5.95. The van der Waals surface area contributed by atoms with E-state index in [0.29, 0.717) is 11.8 Å². The van der Waals surface area contributed by atoms with Crippen molar-refractivity contribution in [1.29, 1.82) is 0 Å². The van der Waals surface area contributed by atoms with E-state index in [2.05, 4.69) is 71.9 Å². The van der Waals surface area contributed by atoms with Crippen LogP contribution in [0, 0.1) is 5.92 Å². The highest BCUT2D eigenvalue weighted by Gasteiger charge is 2.30. The first-order chi connectivity index (χ1) is 15.3. The summed E-state index contributed by atoms with van der Waals surface area (Å²) in [6.07, 6.45) is 6.71. The molecule has 0 bridgehead atoms. The molecule has 168 valence electrons. The Hall–Kier alpha value is -3.55. The molecule has 4 rings (SSSR count). The molecule has 8 nitrogen and oxygen atoms in total. The second-order valence-electron chi connectivity index (χ2n) is 8.99. The molecule has 1 fully saturated rings. The van der Waals surface area contributed by atoms with Gasteiger partial charge in [0.15, 0.2) is 0 Å². The van der Waals surface area contributed by atoms with Crippen molar-refractivity contribution in [3.8, 4) is 11.1 Å². The zero-order chi connectivity index (χ0) is 22.8. The Morgan fingerprint density at radius 1 is 1.25 bits per heavy atom. The van der Waals surface area contributed by atoms with Gasteiger partial charge in [-0.1, -0.05) is 44.7 Å². The van der Waals surface area contributed by atoms with E-state index in [1.165, 1.54) is 5.56 Å². The molecule has 2 atom stereocenters. The van der Waals surface area contributed by atoms with Crippen LogP contribution in [0.4, 0.5) is 0 Å². The number of hydrogen-bond donors (Lipinski definition) is 4. The van der Waals surface area contributed by atoms with Crippen LogP contribution in [0.5, 0.6) is 0 Å². The topological polar surface area (TPSA) is 114 Å². The first-order valence-corrected chi connectivity index (χ1v) is 11.0. The van der Waals surface area contributed by atoms with Gasteiger partial charge in [0.25, 0.3) is 11.8 Å². The summed E-state index contributed by atoms with van der Waals surface area (Å²) in [5, 5.41) is 12.7. The second kappa shape index (κ2) is 8.90. The van der Waals surface area contributed by atoms with Gasteiger partial charge >= 0.3 is 0 Å². The van der Waals surface area contributed by atoms with Crippen LogP contribution >= 0.6 is 0 Å². The summed E-state index contributed by atoms with van der Waals surface area (Å²) in [7, 11) is 0. The third kappa shape index (κ3) is 4.69. The van der Waals surface area contributed by atoms with Crippen LogP contribution < -0.4 is 21.7 Å². The summed E-state index contributed by atoms with van der Waals surface area (Å²) in [6, 6.07) is 8.64. The van der Waals surface area contributed by atoms with Crippen molar-refractivity contribution in [2.45, 2.75) is 51.6 Å². The van der Waals surface area contributed by atoms with Crippen LogP contribution in [0.1, 0.15) is 44.6 Å². The number of nitrogens with zero attached hydrogens (tertiary/aromatic N) is 2. The fourth-order valence-corrected chi connectivity index (χ4v) is 4.35. The minimum Gasteiger partial charge on any atom is -0.392 e. The zero-order valence-corrected chi connectivity index (χ0v) is 18.5. The Morgan fingerprint density at radius 2 is 2.00 bits per heavy atom. The first-order valence-electron chi connectivity index (χ1n) is 11.0. The van der Waals surface area contributed by atoms with Gasteiger partial charge in [-0.05, 0) is 42.2 Å². The zero-order valence-electron chi connectivity index (χ0n) is 18.5. The normalized spacial score (nSPS) is 21.0. The fraction of sp³-hybridized carbons (Fsp3) is 0.375. The Morgan fingerprint density at radius 3 is 2.72 bits per heavy atom. The summed E-state index contributed by atoms with van der Waals surface area (Å²) in [5.74, 6) is 0.282. The summed E-state index contributed by atoms with van der Waals surface area (Å²) in [5.41, 5.74) is 9.23. The van der Waals surface area contributed by atoms with E-state index < -0.39 is 5.91 Å². The minimum atomic E-state index is -0.516. The van der Waals surface area contributed by atoms with Crippen molar-refractivity contribution in [1.82, 2.24) is 25.7 Å². The quantitative estimate of drug-likeness (QED) is 0.557. The molecule has 0 saturated heterocycles. The molecule has 2 amide bonds. The number of benzene rings is 1. The highest BCUT2D eigenvalue weighted by atomic mass is 16.2. The van der Waals surface area contributed by atoms with Gasteiger partial charge in [-0.25, -0.2) is 0 Å². The van der Waals surface area contributed by atoms with Gasteiger partial charge in [0.05, 0.1) is 6.20 Å². The number of rotatable bonds is 6. The van der Waals surface area contributed by atoms with Crippen molar-refractivity contribution in [2.75, 3.05) is 0 Å². The monoisotopic (exact) mass is 434 g/mol. The number of carbonyl (C=O) groups is 2. The highest BCUT2D eigenvalue weighted by Crippen LogP contribution is 2.35. The summed E-state index contributed by atoms with van der Waals surface area (Å²) in [4.78, 5) is 24.4. The fourth-order valence-electron chi connectivity index (χ4n) is 4.35. The molecule has 1 aliphatic carbocycles. The average Bonchev–Trinajstić information content (AvgIpc) is 3.40. The standard InChI is InChI=1S/C24H30N6O2/c1-14(2)12-30-13-19(11-26-30)17-6-4-16(5-7-17)18-8-9-20(10-18)29-24(32)22-21(25)23(31)28-15(3)27-22/h4-7,11,13-14,18,20,27H,3,8-10,12,25H2,1-2H3,(H,28,31)(H,29,32)/t18-,20+/m1/s1. The van der Waals surface area contributed by atoms with Crippen molar-refractivity contribution < 1.29 is 9.59 Å². The van der Waals surface area contributed by atoms with Crippen LogP contribution in [0.2, 0.25) is 0 Å². The predicted octanol–water partition coefficient (Wildman–Crippen LogP) is 2.32. The smallest absolute Gasteiger partial charge is 0.274 e. The maximum Gasteiger partial charge on any atom is 0.274 e. The van der Waals surface area contributed by atoms with Gasteiger partial charge in [-0.3, -0.25) is 14.3 Å². The van der Waals surface area contributed by atoms with E-state index in [-0.39, 0.29) is 29.2 Å². The molecule has 1 aromatic carbocycles. The second-order valence-corrected chi connectivity index (χ2v) is 8.99. The summed E-state index contributed by atoms with van der Waals surface area (Å²) >= 11 is 0. The molecule has 32 heavy (non-hydrogen) atoms. The molecule has 0 radical (unpaired) electrons. The van der Waals surface area contributed by atoms with Crippen molar-refractivity contribution in [3.05, 3.63) is 66.0 Å². The number of hydrogen-bond acceptors (Lipinski definition) is 5. The molecule has 0 unspecified atom stereocenters. The molecule has 1 aromatic heterocycles. The lowest BCUT2D eigenvalue weighted by Gasteiger charge is -2.22. The number of amides is 2. The maximum atomic E-state index is 12.6. The van der Waals surface area contributed by atoms with E-state index in [1.807, 2.05) is 10.9 Å². The molecule has 2 aromatic rings. The van der Waals surface area contributed by atoms with Gasteiger partial charge in [0.2, 0.25) is 0 Å². The largest absolute Gasteiger partial charge is 0.392 e. The molecule has 8 heteroatoms. The Kier molecular flexibility index (Phi) is 6.03. The number of carbonyl (C=O) groups excluding carboxylic acids is 2. The lowest BCUT2D eigenvalue weighted by atomic mass is 9.95. The number of nitrogens with one attached hydrogen (secondary N) is 3. The molecule has 2 aliphatic rings. The molecule has 1 aliphatic heterocycles. The van der Waals surface area contributed by atoms with E-state index in [9.17, 15) is 9.59 Å². The van der Waals surface area contributed by atoms with E-state index in [0.717, 1.165) is 36.9 Å². The van der Waals surface area contributed by atoms with Gasteiger partial charge in [-0.15, -0.1) is 0 Å². The van der Waals surface area contributed by atoms with Crippen LogP contribution in [-0.2, 0) is 16.1 Å². The van der Waals surface area contributed by atoms with Gasteiger partial charge in [-0.2, -0.15) is 5.10 Å². The average molecular weight is 435 g/mol. The van der Waals surface area contributed by atoms with Crippen LogP contribution in [0.15, 0.2) is 60.5 Å². The number of nitrogens with two attached hydrogens (primary N) is 1. The highest BCUT2D eigenvalue weighted by molar-refractivity contribution is 6.05. The lowest BCUT2D eigenvalue weighted by molar-refractivity contribution is -0.121. The predicted molar refractivity (Wildman–Crippen MR) is 123 cm³/mol. The van der Waals surface area contributed by atoms with Gasteiger partial charge in [0.1, 0.15) is 17.2 Å². The third-order valence-corrected chi connectivity index (χ3v) is 5.95. The lowest BCUT2D eigenvalue weighted by Crippen LogP contribution is -2.47. The van der Waals surface area contributed by atoms with Crippen LogP contribution in [0.3, 0.4) is 0 Å². The van der Waals surface area contributed by atoms with Gasteiger partial charge in [0, 0.05) is 24.3 Å². The maximum absolute atomic E-state index is 12.6. The van der Waals surface area contributed by atoms with E-state index >= 15 is 0 Å².